The Labute approximate surface area is 107 Å². The van der Waals surface area contributed by atoms with Crippen molar-refractivity contribution in [3.63, 3.8) is 0 Å². The van der Waals surface area contributed by atoms with Crippen LogP contribution in [0.4, 0.5) is 5.82 Å². The van der Waals surface area contributed by atoms with Crippen molar-refractivity contribution in [1.82, 2.24) is 14.9 Å². The molecule has 2 heterocycles. The summed E-state index contributed by atoms with van der Waals surface area (Å²) in [5.41, 5.74) is 6.80. The van der Waals surface area contributed by atoms with Gasteiger partial charge in [-0.1, -0.05) is 18.7 Å². The van der Waals surface area contributed by atoms with E-state index in [1.807, 2.05) is 6.07 Å². The molecule has 0 bridgehead atoms. The number of hydrogen-bond donors (Lipinski definition) is 1. The van der Waals surface area contributed by atoms with Gasteiger partial charge in [0.1, 0.15) is 5.82 Å². The van der Waals surface area contributed by atoms with Crippen LogP contribution in [0.15, 0.2) is 11.2 Å². The molecule has 1 aliphatic rings. The van der Waals surface area contributed by atoms with Gasteiger partial charge in [0.05, 0.1) is 0 Å². The first-order valence-corrected chi connectivity index (χ1v) is 7.10. The Morgan fingerprint density at radius 1 is 1.53 bits per heavy atom. The number of nitrogens with two attached hydrogens (primary N) is 1. The number of hydrogen-bond acceptors (Lipinski definition) is 5. The summed E-state index contributed by atoms with van der Waals surface area (Å²) in [6, 6.07) is 1.85. The molecule has 4 nitrogen and oxygen atoms in total. The van der Waals surface area contributed by atoms with Crippen LogP contribution in [0.5, 0.6) is 0 Å². The molecule has 94 valence electrons. The Morgan fingerprint density at radius 3 is 3.00 bits per heavy atom. The Morgan fingerprint density at radius 2 is 2.35 bits per heavy atom. The minimum Gasteiger partial charge on any atom is -0.384 e. The van der Waals surface area contributed by atoms with Crippen molar-refractivity contribution < 1.29 is 0 Å². The molecule has 1 fully saturated rings. The molecule has 2 N–H and O–H groups in total. The van der Waals surface area contributed by atoms with Crippen LogP contribution >= 0.6 is 11.8 Å². The van der Waals surface area contributed by atoms with Gasteiger partial charge < -0.3 is 10.6 Å². The van der Waals surface area contributed by atoms with Crippen LogP contribution in [0.25, 0.3) is 0 Å². The lowest BCUT2D eigenvalue weighted by Gasteiger charge is -2.09. The van der Waals surface area contributed by atoms with Crippen LogP contribution in [-0.4, -0.2) is 40.8 Å². The number of rotatable bonds is 4. The van der Waals surface area contributed by atoms with Gasteiger partial charge in [-0.2, -0.15) is 0 Å². The summed E-state index contributed by atoms with van der Waals surface area (Å²) >= 11 is 1.73. The predicted octanol–water partition coefficient (Wildman–Crippen LogP) is 1.67. The zero-order valence-electron chi connectivity index (χ0n) is 10.5. The van der Waals surface area contributed by atoms with Crippen molar-refractivity contribution in [1.29, 1.82) is 0 Å². The number of anilines is 1. The molecule has 1 atom stereocenters. The lowest BCUT2D eigenvalue weighted by atomic mass is 10.2. The minimum atomic E-state index is 0.586. The van der Waals surface area contributed by atoms with E-state index in [0.29, 0.717) is 5.82 Å². The van der Waals surface area contributed by atoms with Gasteiger partial charge in [-0.15, -0.1) is 0 Å². The highest BCUT2D eigenvalue weighted by Gasteiger charge is 2.19. The molecule has 5 heteroatoms. The maximum Gasteiger partial charge on any atom is 0.189 e. The van der Waals surface area contributed by atoms with E-state index >= 15 is 0 Å². The third kappa shape index (κ3) is 3.57. The van der Waals surface area contributed by atoms with Crippen molar-refractivity contribution in [2.75, 3.05) is 31.6 Å². The van der Waals surface area contributed by atoms with Gasteiger partial charge in [0.15, 0.2) is 5.16 Å². The van der Waals surface area contributed by atoms with Crippen molar-refractivity contribution in [2.24, 2.45) is 5.92 Å². The molecule has 0 aromatic carbocycles. The van der Waals surface area contributed by atoms with Crippen molar-refractivity contribution in [3.8, 4) is 0 Å². The summed E-state index contributed by atoms with van der Waals surface area (Å²) in [4.78, 5) is 11.1. The number of nitrogen functional groups attached to an aromatic ring is 1. The highest BCUT2D eigenvalue weighted by Crippen LogP contribution is 2.23. The van der Waals surface area contributed by atoms with Crippen LogP contribution in [0, 0.1) is 5.92 Å². The summed E-state index contributed by atoms with van der Waals surface area (Å²) in [5, 5.41) is 0.830. The fourth-order valence-electron chi connectivity index (χ4n) is 2.09. The molecule has 1 aromatic heterocycles. The normalized spacial score (nSPS) is 20.9. The quantitative estimate of drug-likeness (QED) is 0.652. The van der Waals surface area contributed by atoms with Crippen molar-refractivity contribution in [3.05, 3.63) is 11.8 Å². The smallest absolute Gasteiger partial charge is 0.189 e. The van der Waals surface area contributed by atoms with Crippen LogP contribution in [0.3, 0.4) is 0 Å². The first-order valence-electron chi connectivity index (χ1n) is 6.12. The highest BCUT2D eigenvalue weighted by atomic mass is 32.2. The summed E-state index contributed by atoms with van der Waals surface area (Å²) in [6.45, 7) is 4.49. The molecular formula is C12H20N4S. The third-order valence-electron chi connectivity index (χ3n) is 3.08. The molecule has 0 aliphatic carbocycles. The Hall–Kier alpha value is -0.810. The number of thioether (sulfide) groups is 1. The second kappa shape index (κ2) is 5.69. The van der Waals surface area contributed by atoms with E-state index < -0.39 is 0 Å². The Bertz CT molecular complexity index is 383. The molecule has 17 heavy (non-hydrogen) atoms. The van der Waals surface area contributed by atoms with Gasteiger partial charge in [-0.3, -0.25) is 0 Å². The molecule has 1 saturated heterocycles. The SMILES string of the molecule is CCc1cc(N)nc(SCC2CCN(C)C2)n1. The molecule has 0 spiro atoms. The first kappa shape index (κ1) is 12.6. The second-order valence-electron chi connectivity index (χ2n) is 4.65. The third-order valence-corrected chi connectivity index (χ3v) is 4.16. The number of aromatic nitrogens is 2. The average molecular weight is 252 g/mol. The highest BCUT2D eigenvalue weighted by molar-refractivity contribution is 7.99. The van der Waals surface area contributed by atoms with Gasteiger partial charge in [0.25, 0.3) is 0 Å². The van der Waals surface area contributed by atoms with E-state index in [1.54, 1.807) is 11.8 Å². The number of aryl methyl sites for hydroxylation is 1. The van der Waals surface area contributed by atoms with Crippen LogP contribution in [0.1, 0.15) is 19.0 Å². The molecule has 1 aliphatic heterocycles. The molecule has 0 saturated carbocycles. The molecule has 1 aromatic rings. The standard InChI is InChI=1S/C12H20N4S/c1-3-10-6-11(13)15-12(14-10)17-8-9-4-5-16(2)7-9/h6,9H,3-5,7-8H2,1-2H3,(H2,13,14,15). The summed E-state index contributed by atoms with van der Waals surface area (Å²) in [6.07, 6.45) is 2.19. The fourth-order valence-corrected chi connectivity index (χ4v) is 3.10. The number of likely N-dealkylation sites (tertiary alicyclic amines) is 1. The minimum absolute atomic E-state index is 0.586. The summed E-state index contributed by atoms with van der Waals surface area (Å²) in [5.74, 6) is 2.44. The molecule has 1 unspecified atom stereocenters. The zero-order chi connectivity index (χ0) is 12.3. The Kier molecular flexibility index (Phi) is 4.23. The summed E-state index contributed by atoms with van der Waals surface area (Å²) < 4.78 is 0. The van der Waals surface area contributed by atoms with E-state index in [4.69, 9.17) is 5.73 Å². The van der Waals surface area contributed by atoms with Gasteiger partial charge in [0.2, 0.25) is 0 Å². The molecule has 0 amide bonds. The van der Waals surface area contributed by atoms with Crippen LogP contribution in [-0.2, 0) is 6.42 Å². The van der Waals surface area contributed by atoms with Crippen molar-refractivity contribution >= 4 is 17.6 Å². The fraction of sp³-hybridized carbons (Fsp3) is 0.667. The van der Waals surface area contributed by atoms with Crippen molar-refractivity contribution in [2.45, 2.75) is 24.9 Å². The lowest BCUT2D eigenvalue weighted by molar-refractivity contribution is 0.403. The maximum atomic E-state index is 5.77. The summed E-state index contributed by atoms with van der Waals surface area (Å²) in [7, 11) is 2.18. The zero-order valence-corrected chi connectivity index (χ0v) is 11.3. The van der Waals surface area contributed by atoms with Gasteiger partial charge >= 0.3 is 0 Å². The number of nitrogens with zero attached hydrogens (tertiary/aromatic N) is 3. The predicted molar refractivity (Wildman–Crippen MR) is 72.2 cm³/mol. The topological polar surface area (TPSA) is 55.0 Å². The van der Waals surface area contributed by atoms with Gasteiger partial charge in [-0.05, 0) is 32.4 Å². The van der Waals surface area contributed by atoms with Crippen LogP contribution < -0.4 is 5.73 Å². The largest absolute Gasteiger partial charge is 0.384 e. The van der Waals surface area contributed by atoms with E-state index in [2.05, 4.69) is 28.8 Å². The second-order valence-corrected chi connectivity index (χ2v) is 5.64. The molecular weight excluding hydrogens is 232 g/mol. The maximum absolute atomic E-state index is 5.77. The van der Waals surface area contributed by atoms with Crippen LogP contribution in [0.2, 0.25) is 0 Å². The lowest BCUT2D eigenvalue weighted by Crippen LogP contribution is -2.15. The Balaban J connectivity index is 1.92. The van der Waals surface area contributed by atoms with Gasteiger partial charge in [-0.25, -0.2) is 9.97 Å². The van der Waals surface area contributed by atoms with E-state index in [9.17, 15) is 0 Å². The first-order chi connectivity index (χ1) is 8.17. The average Bonchev–Trinajstić information content (AvgIpc) is 2.72. The van der Waals surface area contributed by atoms with E-state index in [-0.39, 0.29) is 0 Å². The monoisotopic (exact) mass is 252 g/mol. The van der Waals surface area contributed by atoms with Gasteiger partial charge in [0, 0.05) is 24.1 Å². The van der Waals surface area contributed by atoms with E-state index in [0.717, 1.165) is 28.9 Å². The van der Waals surface area contributed by atoms with E-state index in [1.165, 1.54) is 19.5 Å². The molecule has 0 radical (unpaired) electrons. The molecule has 2 rings (SSSR count).